The van der Waals surface area contributed by atoms with Crippen molar-refractivity contribution in [3.63, 3.8) is 0 Å². The van der Waals surface area contributed by atoms with Crippen molar-refractivity contribution in [1.82, 2.24) is 10.2 Å². The van der Waals surface area contributed by atoms with Crippen LogP contribution in [0.15, 0.2) is 18.2 Å². The molecule has 4 heteroatoms. The van der Waals surface area contributed by atoms with E-state index >= 15 is 0 Å². The molecule has 0 radical (unpaired) electrons. The van der Waals surface area contributed by atoms with Gasteiger partial charge in [-0.25, -0.2) is 0 Å². The van der Waals surface area contributed by atoms with Gasteiger partial charge in [-0.3, -0.25) is 5.10 Å². The summed E-state index contributed by atoms with van der Waals surface area (Å²) < 4.78 is 0. The van der Waals surface area contributed by atoms with Crippen LogP contribution in [0.3, 0.4) is 0 Å². The molecule has 0 aliphatic rings. The van der Waals surface area contributed by atoms with Crippen LogP contribution in [-0.2, 0) is 6.42 Å². The van der Waals surface area contributed by atoms with Crippen molar-refractivity contribution in [3.05, 3.63) is 28.9 Å². The summed E-state index contributed by atoms with van der Waals surface area (Å²) in [4.78, 5) is 0. The molecule has 74 valence electrons. The van der Waals surface area contributed by atoms with E-state index in [0.29, 0.717) is 5.15 Å². The van der Waals surface area contributed by atoms with Crippen LogP contribution in [-0.4, -0.2) is 21.9 Å². The Kier molecular flexibility index (Phi) is 2.70. The minimum atomic E-state index is 0.203. The monoisotopic (exact) mass is 210 g/mol. The van der Waals surface area contributed by atoms with Crippen LogP contribution >= 0.6 is 11.6 Å². The van der Waals surface area contributed by atoms with Gasteiger partial charge in [0.1, 0.15) is 5.15 Å². The largest absolute Gasteiger partial charge is 0.396 e. The van der Waals surface area contributed by atoms with Gasteiger partial charge in [-0.1, -0.05) is 23.7 Å². The smallest absolute Gasteiger partial charge is 0.132 e. The molecule has 0 saturated heterocycles. The predicted molar refractivity (Wildman–Crippen MR) is 56.5 cm³/mol. The maximum absolute atomic E-state index is 8.75. The molecule has 1 heterocycles. The third-order valence-corrected chi connectivity index (χ3v) is 2.51. The van der Waals surface area contributed by atoms with E-state index < -0.39 is 0 Å². The molecule has 0 aliphatic heterocycles. The third-order valence-electron chi connectivity index (χ3n) is 2.23. The Hall–Kier alpha value is -1.06. The Morgan fingerprint density at radius 1 is 1.43 bits per heavy atom. The summed E-state index contributed by atoms with van der Waals surface area (Å²) in [6, 6.07) is 5.90. The van der Waals surface area contributed by atoms with Crippen molar-refractivity contribution >= 4 is 22.5 Å². The lowest BCUT2D eigenvalue weighted by Gasteiger charge is -1.99. The Morgan fingerprint density at radius 3 is 3.07 bits per heavy atom. The highest BCUT2D eigenvalue weighted by molar-refractivity contribution is 6.34. The van der Waals surface area contributed by atoms with Crippen molar-refractivity contribution in [2.75, 3.05) is 6.61 Å². The van der Waals surface area contributed by atoms with Crippen LogP contribution in [0.2, 0.25) is 5.15 Å². The summed E-state index contributed by atoms with van der Waals surface area (Å²) >= 11 is 5.91. The molecule has 0 fully saturated rings. The lowest BCUT2D eigenvalue weighted by Crippen LogP contribution is -1.90. The first-order chi connectivity index (χ1) is 6.83. The summed E-state index contributed by atoms with van der Waals surface area (Å²) in [5.41, 5.74) is 2.03. The number of hydrogen-bond acceptors (Lipinski definition) is 2. The Labute approximate surface area is 86.7 Å². The van der Waals surface area contributed by atoms with Gasteiger partial charge >= 0.3 is 0 Å². The van der Waals surface area contributed by atoms with Crippen molar-refractivity contribution in [3.8, 4) is 0 Å². The van der Waals surface area contributed by atoms with Crippen LogP contribution in [0.25, 0.3) is 10.9 Å². The second-order valence-corrected chi connectivity index (χ2v) is 3.56. The van der Waals surface area contributed by atoms with Gasteiger partial charge in [0.15, 0.2) is 0 Å². The minimum Gasteiger partial charge on any atom is -0.396 e. The number of nitrogens with one attached hydrogen (secondary N) is 1. The van der Waals surface area contributed by atoms with Crippen molar-refractivity contribution in [2.45, 2.75) is 12.8 Å². The van der Waals surface area contributed by atoms with Gasteiger partial charge in [-0.2, -0.15) is 5.10 Å². The van der Waals surface area contributed by atoms with Crippen LogP contribution in [0.4, 0.5) is 0 Å². The average molecular weight is 211 g/mol. The number of aromatic amines is 1. The van der Waals surface area contributed by atoms with Gasteiger partial charge in [-0.05, 0) is 24.5 Å². The number of aromatic nitrogens is 2. The number of hydrogen-bond donors (Lipinski definition) is 2. The first kappa shape index (κ1) is 9.49. The number of halogens is 1. The summed E-state index contributed by atoms with van der Waals surface area (Å²) in [7, 11) is 0. The Bertz CT molecular complexity index is 439. The second-order valence-electron chi connectivity index (χ2n) is 3.18. The van der Waals surface area contributed by atoms with E-state index in [1.165, 1.54) is 0 Å². The van der Waals surface area contributed by atoms with Gasteiger partial charge in [-0.15, -0.1) is 0 Å². The Morgan fingerprint density at radius 2 is 2.29 bits per heavy atom. The lowest BCUT2D eigenvalue weighted by molar-refractivity contribution is 0.288. The fraction of sp³-hybridized carbons (Fsp3) is 0.300. The number of nitrogens with zero attached hydrogens (tertiary/aromatic N) is 1. The number of rotatable bonds is 3. The fourth-order valence-corrected chi connectivity index (χ4v) is 1.73. The highest BCUT2D eigenvalue weighted by atomic mass is 35.5. The topological polar surface area (TPSA) is 48.9 Å². The Balaban J connectivity index is 2.44. The maximum atomic E-state index is 8.75. The number of aryl methyl sites for hydroxylation is 1. The number of benzene rings is 1. The van der Waals surface area contributed by atoms with Crippen LogP contribution < -0.4 is 0 Å². The van der Waals surface area contributed by atoms with Gasteiger partial charge in [0, 0.05) is 12.0 Å². The van der Waals surface area contributed by atoms with E-state index in [2.05, 4.69) is 10.2 Å². The zero-order valence-corrected chi connectivity index (χ0v) is 8.38. The first-order valence-corrected chi connectivity index (χ1v) is 4.93. The molecular formula is C10H11ClN2O. The highest BCUT2D eigenvalue weighted by Crippen LogP contribution is 2.23. The van der Waals surface area contributed by atoms with E-state index in [0.717, 1.165) is 29.3 Å². The molecule has 1 aromatic heterocycles. The molecule has 2 N–H and O–H groups in total. The molecule has 2 aromatic rings. The van der Waals surface area contributed by atoms with Crippen LogP contribution in [0, 0.1) is 0 Å². The predicted octanol–water partition coefficient (Wildman–Crippen LogP) is 2.14. The number of aliphatic hydroxyl groups is 1. The quantitative estimate of drug-likeness (QED) is 0.816. The number of H-pyrrole nitrogens is 1. The van der Waals surface area contributed by atoms with Gasteiger partial charge in [0.2, 0.25) is 0 Å². The fourth-order valence-electron chi connectivity index (χ4n) is 1.54. The molecule has 0 bridgehead atoms. The second kappa shape index (κ2) is 3.98. The SMILES string of the molecule is OCCCc1cccc2c(Cl)[nH]nc12. The van der Waals surface area contributed by atoms with Crippen molar-refractivity contribution in [1.29, 1.82) is 0 Å². The average Bonchev–Trinajstić information content (AvgIpc) is 2.58. The van der Waals surface area contributed by atoms with E-state index in [1.807, 2.05) is 18.2 Å². The molecule has 2 rings (SSSR count). The molecule has 0 spiro atoms. The molecule has 3 nitrogen and oxygen atoms in total. The number of para-hydroxylation sites is 1. The summed E-state index contributed by atoms with van der Waals surface area (Å²) in [6.45, 7) is 0.203. The van der Waals surface area contributed by atoms with Crippen molar-refractivity contribution in [2.24, 2.45) is 0 Å². The zero-order chi connectivity index (χ0) is 9.97. The standard InChI is InChI=1S/C10H11ClN2O/c11-10-8-5-1-3-7(4-2-6-14)9(8)12-13-10/h1,3,5,14H,2,4,6H2,(H,12,13). The number of aliphatic hydroxyl groups excluding tert-OH is 1. The van der Waals surface area contributed by atoms with E-state index in [9.17, 15) is 0 Å². The lowest BCUT2D eigenvalue weighted by atomic mass is 10.1. The van der Waals surface area contributed by atoms with E-state index in [-0.39, 0.29) is 6.61 Å². The van der Waals surface area contributed by atoms with Crippen LogP contribution in [0.5, 0.6) is 0 Å². The van der Waals surface area contributed by atoms with Crippen molar-refractivity contribution < 1.29 is 5.11 Å². The molecule has 0 unspecified atom stereocenters. The molecular weight excluding hydrogens is 200 g/mol. The minimum absolute atomic E-state index is 0.203. The molecule has 0 aliphatic carbocycles. The summed E-state index contributed by atoms with van der Waals surface area (Å²) in [5, 5.41) is 17.2. The highest BCUT2D eigenvalue weighted by Gasteiger charge is 2.06. The molecule has 1 aromatic carbocycles. The van der Waals surface area contributed by atoms with E-state index in [1.54, 1.807) is 0 Å². The van der Waals surface area contributed by atoms with Gasteiger partial charge in [0.25, 0.3) is 0 Å². The maximum Gasteiger partial charge on any atom is 0.132 e. The van der Waals surface area contributed by atoms with Gasteiger partial charge < -0.3 is 5.11 Å². The molecule has 14 heavy (non-hydrogen) atoms. The van der Waals surface area contributed by atoms with Gasteiger partial charge in [0.05, 0.1) is 5.52 Å². The molecule has 0 atom stereocenters. The molecule has 0 amide bonds. The first-order valence-electron chi connectivity index (χ1n) is 4.55. The zero-order valence-electron chi connectivity index (χ0n) is 7.63. The van der Waals surface area contributed by atoms with E-state index in [4.69, 9.17) is 16.7 Å². The number of fused-ring (bicyclic) bond motifs is 1. The third kappa shape index (κ3) is 1.61. The summed E-state index contributed by atoms with van der Waals surface area (Å²) in [6.07, 6.45) is 1.58. The summed E-state index contributed by atoms with van der Waals surface area (Å²) in [5.74, 6) is 0. The molecule has 0 saturated carbocycles. The normalized spacial score (nSPS) is 11.0. The van der Waals surface area contributed by atoms with Crippen LogP contribution in [0.1, 0.15) is 12.0 Å².